The summed E-state index contributed by atoms with van der Waals surface area (Å²) in [5.74, 6) is 0.554. The summed E-state index contributed by atoms with van der Waals surface area (Å²) in [5, 5.41) is 6.48. The van der Waals surface area contributed by atoms with E-state index < -0.39 is 0 Å². The van der Waals surface area contributed by atoms with Gasteiger partial charge in [-0.15, -0.1) is 12.4 Å². The molecule has 0 aliphatic carbocycles. The van der Waals surface area contributed by atoms with Crippen molar-refractivity contribution in [3.8, 4) is 0 Å². The average molecular weight is 267 g/mol. The van der Waals surface area contributed by atoms with Crippen molar-refractivity contribution in [2.45, 2.75) is 32.2 Å². The number of nitrogens with one attached hydrogen (secondary N) is 2. The molecule has 0 bridgehead atoms. The number of benzene rings is 1. The molecule has 1 amide bonds. The van der Waals surface area contributed by atoms with Gasteiger partial charge in [0.15, 0.2) is 0 Å². The fraction of sp³-hybridized carbons (Fsp3) is 0.500. The summed E-state index contributed by atoms with van der Waals surface area (Å²) in [7, 11) is 0. The molecule has 4 heteroatoms. The molecule has 0 aromatic heterocycles. The van der Waals surface area contributed by atoms with Crippen molar-refractivity contribution in [3.63, 3.8) is 0 Å². The predicted octanol–water partition coefficient (Wildman–Crippen LogP) is 1.78. The van der Waals surface area contributed by atoms with Crippen LogP contribution in [0, 0.1) is 6.92 Å². The summed E-state index contributed by atoms with van der Waals surface area (Å²) in [6.07, 6.45) is 1.03. The molecule has 3 rings (SSSR count). The van der Waals surface area contributed by atoms with E-state index in [0.29, 0.717) is 5.92 Å². The Morgan fingerprint density at radius 2 is 2.11 bits per heavy atom. The fourth-order valence-electron chi connectivity index (χ4n) is 3.10. The van der Waals surface area contributed by atoms with Gasteiger partial charge >= 0.3 is 0 Å². The highest BCUT2D eigenvalue weighted by atomic mass is 35.5. The van der Waals surface area contributed by atoms with E-state index in [4.69, 9.17) is 0 Å². The van der Waals surface area contributed by atoms with E-state index in [2.05, 4.69) is 29.7 Å². The van der Waals surface area contributed by atoms with Crippen LogP contribution >= 0.6 is 12.4 Å². The van der Waals surface area contributed by atoms with Gasteiger partial charge in [0.2, 0.25) is 0 Å². The smallest absolute Gasteiger partial charge is 0.252 e. The van der Waals surface area contributed by atoms with Gasteiger partial charge in [0.1, 0.15) is 0 Å². The van der Waals surface area contributed by atoms with Crippen LogP contribution in [-0.4, -0.2) is 25.0 Å². The number of hydrogen-bond acceptors (Lipinski definition) is 2. The maximum absolute atomic E-state index is 12.1. The number of rotatable bonds is 1. The molecule has 98 valence electrons. The highest BCUT2D eigenvalue weighted by Gasteiger charge is 2.37. The zero-order chi connectivity index (χ0) is 12.0. The molecule has 2 aliphatic heterocycles. The monoisotopic (exact) mass is 266 g/mol. The van der Waals surface area contributed by atoms with Crippen LogP contribution in [0.15, 0.2) is 12.1 Å². The molecule has 0 spiro atoms. The third kappa shape index (κ3) is 1.91. The molecule has 2 N–H and O–H groups in total. The fourth-order valence-corrected chi connectivity index (χ4v) is 3.10. The lowest BCUT2D eigenvalue weighted by atomic mass is 9.83. The molecular weight excluding hydrogens is 248 g/mol. The Labute approximate surface area is 114 Å². The van der Waals surface area contributed by atoms with Gasteiger partial charge in [-0.1, -0.05) is 19.1 Å². The maximum Gasteiger partial charge on any atom is 0.252 e. The maximum atomic E-state index is 12.1. The lowest BCUT2D eigenvalue weighted by molar-refractivity contribution is 0.0923. The van der Waals surface area contributed by atoms with Crippen molar-refractivity contribution in [2.24, 2.45) is 0 Å². The third-order valence-electron chi connectivity index (χ3n) is 3.99. The SMILES string of the molecule is CCc1cc(C)c2c(c1)[C@@H]1CNC[C@H]1NC2=O.Cl. The molecule has 1 aromatic carbocycles. The third-order valence-corrected chi connectivity index (χ3v) is 3.99. The van der Waals surface area contributed by atoms with Crippen LogP contribution in [-0.2, 0) is 6.42 Å². The molecule has 1 fully saturated rings. The minimum absolute atomic E-state index is 0. The minimum Gasteiger partial charge on any atom is -0.347 e. The first kappa shape index (κ1) is 13.4. The highest BCUT2D eigenvalue weighted by molar-refractivity contribution is 5.99. The quantitative estimate of drug-likeness (QED) is 0.814. The van der Waals surface area contributed by atoms with Crippen LogP contribution in [0.4, 0.5) is 0 Å². The molecule has 0 unspecified atom stereocenters. The standard InChI is InChI=1S/C14H18N2O.ClH/c1-3-9-4-8(2)13-10(5-9)11-6-15-7-12(11)16-14(13)17;/h4-5,11-12,15H,3,6-7H2,1-2H3,(H,16,17);1H/t11-,12+;/m0./s1. The average Bonchev–Trinajstić information content (AvgIpc) is 2.76. The molecule has 1 aromatic rings. The number of hydrogen-bond donors (Lipinski definition) is 2. The molecule has 3 nitrogen and oxygen atoms in total. The van der Waals surface area contributed by atoms with E-state index in [1.54, 1.807) is 0 Å². The molecule has 0 saturated carbocycles. The normalized spacial score (nSPS) is 24.9. The second kappa shape index (κ2) is 4.90. The summed E-state index contributed by atoms with van der Waals surface area (Å²) in [5.41, 5.74) is 4.61. The van der Waals surface area contributed by atoms with Gasteiger partial charge in [-0.2, -0.15) is 0 Å². The summed E-state index contributed by atoms with van der Waals surface area (Å²) < 4.78 is 0. The van der Waals surface area contributed by atoms with Crippen LogP contribution in [0.2, 0.25) is 0 Å². The summed E-state index contributed by atoms with van der Waals surface area (Å²) in [6.45, 7) is 6.07. The van der Waals surface area contributed by atoms with Crippen LogP contribution in [0.3, 0.4) is 0 Å². The first-order chi connectivity index (χ1) is 8.20. The van der Waals surface area contributed by atoms with E-state index in [9.17, 15) is 4.79 Å². The largest absolute Gasteiger partial charge is 0.347 e. The van der Waals surface area contributed by atoms with E-state index in [-0.39, 0.29) is 24.4 Å². The minimum atomic E-state index is 0. The van der Waals surface area contributed by atoms with Gasteiger partial charge in [0.25, 0.3) is 5.91 Å². The van der Waals surface area contributed by atoms with Crippen LogP contribution in [0.25, 0.3) is 0 Å². The number of amides is 1. The second-order valence-electron chi connectivity index (χ2n) is 5.08. The number of halogens is 1. The van der Waals surface area contributed by atoms with E-state index in [1.165, 1.54) is 11.1 Å². The van der Waals surface area contributed by atoms with E-state index in [1.807, 2.05) is 6.92 Å². The lowest BCUT2D eigenvalue weighted by Gasteiger charge is -2.29. The zero-order valence-electron chi connectivity index (χ0n) is 10.7. The number of carbonyl (C=O) groups is 1. The Morgan fingerprint density at radius 3 is 2.83 bits per heavy atom. The van der Waals surface area contributed by atoms with E-state index in [0.717, 1.165) is 30.6 Å². The number of fused-ring (bicyclic) bond motifs is 3. The Balaban J connectivity index is 0.00000120. The summed E-state index contributed by atoms with van der Waals surface area (Å²) >= 11 is 0. The van der Waals surface area contributed by atoms with Gasteiger partial charge in [-0.25, -0.2) is 0 Å². The summed E-state index contributed by atoms with van der Waals surface area (Å²) in [6, 6.07) is 4.65. The molecule has 2 aliphatic rings. The molecule has 1 saturated heterocycles. The molecule has 0 radical (unpaired) electrons. The zero-order valence-corrected chi connectivity index (χ0v) is 11.6. The van der Waals surface area contributed by atoms with Crippen molar-refractivity contribution in [3.05, 3.63) is 34.4 Å². The molecule has 2 atom stereocenters. The Bertz CT molecular complexity index is 487. The van der Waals surface area contributed by atoms with Crippen LogP contribution in [0.1, 0.15) is 39.9 Å². The molecular formula is C14H19ClN2O. The number of carbonyl (C=O) groups excluding carboxylic acids is 1. The van der Waals surface area contributed by atoms with Crippen LogP contribution < -0.4 is 10.6 Å². The Kier molecular flexibility index (Phi) is 3.64. The first-order valence-corrected chi connectivity index (χ1v) is 6.35. The first-order valence-electron chi connectivity index (χ1n) is 6.35. The van der Waals surface area contributed by atoms with Crippen molar-refractivity contribution in [1.82, 2.24) is 10.6 Å². The summed E-state index contributed by atoms with van der Waals surface area (Å²) in [4.78, 5) is 12.1. The highest BCUT2D eigenvalue weighted by Crippen LogP contribution is 2.33. The van der Waals surface area contributed by atoms with Gasteiger partial charge in [-0.3, -0.25) is 4.79 Å². The van der Waals surface area contributed by atoms with Gasteiger partial charge in [0.05, 0.1) is 0 Å². The van der Waals surface area contributed by atoms with E-state index >= 15 is 0 Å². The van der Waals surface area contributed by atoms with Crippen molar-refractivity contribution >= 4 is 18.3 Å². The van der Waals surface area contributed by atoms with Crippen LogP contribution in [0.5, 0.6) is 0 Å². The Hall–Kier alpha value is -1.06. The van der Waals surface area contributed by atoms with Crippen molar-refractivity contribution in [1.29, 1.82) is 0 Å². The predicted molar refractivity (Wildman–Crippen MR) is 74.7 cm³/mol. The number of aryl methyl sites for hydroxylation is 2. The Morgan fingerprint density at radius 1 is 1.33 bits per heavy atom. The van der Waals surface area contributed by atoms with Gasteiger partial charge < -0.3 is 10.6 Å². The van der Waals surface area contributed by atoms with Crippen molar-refractivity contribution in [2.75, 3.05) is 13.1 Å². The lowest BCUT2D eigenvalue weighted by Crippen LogP contribution is -2.44. The van der Waals surface area contributed by atoms with Gasteiger partial charge in [0, 0.05) is 30.6 Å². The topological polar surface area (TPSA) is 41.1 Å². The van der Waals surface area contributed by atoms with Gasteiger partial charge in [-0.05, 0) is 30.0 Å². The van der Waals surface area contributed by atoms with Crippen molar-refractivity contribution < 1.29 is 4.79 Å². The molecule has 2 heterocycles. The second-order valence-corrected chi connectivity index (χ2v) is 5.08. The molecule has 18 heavy (non-hydrogen) atoms.